The Morgan fingerprint density at radius 1 is 0.857 bits per heavy atom. The molecule has 0 unspecified atom stereocenters. The first-order valence-electron chi connectivity index (χ1n) is 7.37. The molecular formula is C17H10Br2F5NO3. The Hall–Kier alpha value is -1.85. The van der Waals surface area contributed by atoms with Gasteiger partial charge in [0.1, 0.15) is 0 Å². The summed E-state index contributed by atoms with van der Waals surface area (Å²) in [7, 11) is 0. The van der Waals surface area contributed by atoms with Crippen molar-refractivity contribution < 1.29 is 36.3 Å². The van der Waals surface area contributed by atoms with Crippen molar-refractivity contribution in [3.05, 3.63) is 67.6 Å². The van der Waals surface area contributed by atoms with Crippen LogP contribution in [0.3, 0.4) is 0 Å². The molecule has 0 aromatic heterocycles. The Morgan fingerprint density at radius 3 is 1.89 bits per heavy atom. The molecule has 2 rings (SSSR count). The monoisotopic (exact) mass is 529 g/mol. The minimum absolute atomic E-state index is 0.0304. The number of hydrogen-bond acceptors (Lipinski definition) is 4. The predicted octanol–water partition coefficient (Wildman–Crippen LogP) is 5.01. The Labute approximate surface area is 172 Å². The maximum atomic E-state index is 14.9. The van der Waals surface area contributed by atoms with E-state index in [9.17, 15) is 31.5 Å². The van der Waals surface area contributed by atoms with E-state index in [0.717, 1.165) is 24.3 Å². The standard InChI is InChI=1S/C17H10Br2F5NO3/c18-12-2-8(15(27)28-14(26)7-25)1-9(4-12)16(20,21)10-3-11(17(22,23)24)6-13(19)5-10/h1-6H,7,25H2. The quantitative estimate of drug-likeness (QED) is 0.343. The fourth-order valence-corrected chi connectivity index (χ4v) is 3.18. The van der Waals surface area contributed by atoms with E-state index >= 15 is 0 Å². The second kappa shape index (κ2) is 8.26. The summed E-state index contributed by atoms with van der Waals surface area (Å²) in [6.45, 7) is -0.596. The fraction of sp³-hybridized carbons (Fsp3) is 0.176. The average Bonchev–Trinajstić information content (AvgIpc) is 2.59. The number of esters is 2. The van der Waals surface area contributed by atoms with Gasteiger partial charge in [-0.2, -0.15) is 22.0 Å². The minimum atomic E-state index is -4.83. The summed E-state index contributed by atoms with van der Waals surface area (Å²) in [6.07, 6.45) is -4.83. The normalized spacial score (nSPS) is 12.0. The average molecular weight is 531 g/mol. The van der Waals surface area contributed by atoms with E-state index in [0.29, 0.717) is 12.1 Å². The van der Waals surface area contributed by atoms with E-state index in [-0.39, 0.29) is 8.95 Å². The lowest BCUT2D eigenvalue weighted by Crippen LogP contribution is -2.22. The first-order chi connectivity index (χ1) is 12.8. The smallest absolute Gasteiger partial charge is 0.388 e. The topological polar surface area (TPSA) is 69.4 Å². The third-order valence-corrected chi connectivity index (χ3v) is 4.37. The second-order valence-corrected chi connectivity index (χ2v) is 7.33. The Kier molecular flexibility index (Phi) is 6.62. The van der Waals surface area contributed by atoms with Gasteiger partial charge in [0.2, 0.25) is 0 Å². The molecule has 0 amide bonds. The minimum Gasteiger partial charge on any atom is -0.388 e. The lowest BCUT2D eigenvalue weighted by atomic mass is 9.97. The van der Waals surface area contributed by atoms with Gasteiger partial charge in [0, 0.05) is 20.1 Å². The van der Waals surface area contributed by atoms with Crippen LogP contribution in [0.25, 0.3) is 0 Å². The van der Waals surface area contributed by atoms with E-state index in [4.69, 9.17) is 5.73 Å². The molecule has 2 aromatic rings. The van der Waals surface area contributed by atoms with Crippen LogP contribution in [0.4, 0.5) is 22.0 Å². The molecular weight excluding hydrogens is 521 g/mol. The summed E-state index contributed by atoms with van der Waals surface area (Å²) in [5.74, 6) is -6.18. The summed E-state index contributed by atoms with van der Waals surface area (Å²) in [4.78, 5) is 23.0. The number of alkyl halides is 5. The van der Waals surface area contributed by atoms with E-state index in [2.05, 4.69) is 36.6 Å². The van der Waals surface area contributed by atoms with Crippen LogP contribution in [-0.4, -0.2) is 18.5 Å². The first kappa shape index (κ1) is 22.4. The number of nitrogens with two attached hydrogens (primary N) is 1. The van der Waals surface area contributed by atoms with Crippen LogP contribution >= 0.6 is 31.9 Å². The zero-order chi connectivity index (χ0) is 21.3. The van der Waals surface area contributed by atoms with Crippen LogP contribution in [0.2, 0.25) is 0 Å². The van der Waals surface area contributed by atoms with Crippen molar-refractivity contribution in [3.8, 4) is 0 Å². The summed E-state index contributed by atoms with van der Waals surface area (Å²) < 4.78 is 72.9. The summed E-state index contributed by atoms with van der Waals surface area (Å²) in [5.41, 5.74) is 1.63. The van der Waals surface area contributed by atoms with E-state index in [1.165, 1.54) is 0 Å². The molecule has 150 valence electrons. The van der Waals surface area contributed by atoms with Gasteiger partial charge in [-0.1, -0.05) is 31.9 Å². The molecule has 2 aromatic carbocycles. The van der Waals surface area contributed by atoms with Crippen LogP contribution in [0.5, 0.6) is 0 Å². The molecule has 0 atom stereocenters. The third-order valence-electron chi connectivity index (χ3n) is 3.46. The van der Waals surface area contributed by atoms with Crippen LogP contribution in [0.15, 0.2) is 45.3 Å². The van der Waals surface area contributed by atoms with Gasteiger partial charge in [0.25, 0.3) is 5.92 Å². The van der Waals surface area contributed by atoms with E-state index in [1.807, 2.05) is 0 Å². The predicted molar refractivity (Wildman–Crippen MR) is 95.8 cm³/mol. The highest BCUT2D eigenvalue weighted by molar-refractivity contribution is 9.10. The highest BCUT2D eigenvalue weighted by Gasteiger charge is 2.39. The Balaban J connectivity index is 2.53. The number of ether oxygens (including phenoxy) is 1. The molecule has 0 heterocycles. The summed E-state index contributed by atoms with van der Waals surface area (Å²) in [6, 6.07) is 4.62. The Bertz CT molecular complexity index is 931. The van der Waals surface area contributed by atoms with Gasteiger partial charge in [-0.15, -0.1) is 0 Å². The highest BCUT2D eigenvalue weighted by atomic mass is 79.9. The van der Waals surface area contributed by atoms with Crippen molar-refractivity contribution in [1.29, 1.82) is 0 Å². The molecule has 0 radical (unpaired) electrons. The van der Waals surface area contributed by atoms with Crippen LogP contribution < -0.4 is 5.73 Å². The number of carbonyl (C=O) groups excluding carboxylic acids is 2. The van der Waals surface area contributed by atoms with E-state index < -0.39 is 52.8 Å². The van der Waals surface area contributed by atoms with Crippen molar-refractivity contribution in [1.82, 2.24) is 0 Å². The number of rotatable bonds is 4. The second-order valence-electron chi connectivity index (χ2n) is 5.49. The maximum absolute atomic E-state index is 14.9. The molecule has 0 saturated carbocycles. The molecule has 2 N–H and O–H groups in total. The largest absolute Gasteiger partial charge is 0.416 e. The van der Waals surface area contributed by atoms with Gasteiger partial charge < -0.3 is 10.5 Å². The molecule has 0 spiro atoms. The van der Waals surface area contributed by atoms with Crippen molar-refractivity contribution in [2.24, 2.45) is 5.73 Å². The van der Waals surface area contributed by atoms with Gasteiger partial charge in [0.15, 0.2) is 0 Å². The third kappa shape index (κ3) is 5.15. The van der Waals surface area contributed by atoms with Crippen molar-refractivity contribution >= 4 is 43.8 Å². The molecule has 0 aliphatic carbocycles. The summed E-state index contributed by atoms with van der Waals surface area (Å²) >= 11 is 5.74. The lowest BCUT2D eigenvalue weighted by molar-refractivity contribution is -0.138. The van der Waals surface area contributed by atoms with Gasteiger partial charge in [-0.3, -0.25) is 4.79 Å². The molecule has 0 aliphatic rings. The first-order valence-corrected chi connectivity index (χ1v) is 8.95. The van der Waals surface area contributed by atoms with E-state index in [1.54, 1.807) is 0 Å². The van der Waals surface area contributed by atoms with Crippen molar-refractivity contribution in [3.63, 3.8) is 0 Å². The van der Waals surface area contributed by atoms with Crippen molar-refractivity contribution in [2.75, 3.05) is 6.54 Å². The van der Waals surface area contributed by atoms with Gasteiger partial charge in [-0.25, -0.2) is 4.79 Å². The number of carbonyl (C=O) groups is 2. The molecule has 11 heteroatoms. The molecule has 0 bridgehead atoms. The molecule has 4 nitrogen and oxygen atoms in total. The zero-order valence-electron chi connectivity index (χ0n) is 13.6. The fourth-order valence-electron chi connectivity index (χ4n) is 2.19. The van der Waals surface area contributed by atoms with Gasteiger partial charge >= 0.3 is 18.1 Å². The molecule has 0 aliphatic heterocycles. The van der Waals surface area contributed by atoms with Crippen LogP contribution in [0.1, 0.15) is 27.0 Å². The maximum Gasteiger partial charge on any atom is 0.416 e. The highest BCUT2D eigenvalue weighted by Crippen LogP contribution is 2.41. The molecule has 0 fully saturated rings. The van der Waals surface area contributed by atoms with Crippen LogP contribution in [-0.2, 0) is 21.6 Å². The number of halogens is 7. The van der Waals surface area contributed by atoms with Crippen molar-refractivity contribution in [2.45, 2.75) is 12.1 Å². The molecule has 28 heavy (non-hydrogen) atoms. The summed E-state index contributed by atoms with van der Waals surface area (Å²) in [5, 5.41) is 0. The molecule has 0 saturated heterocycles. The van der Waals surface area contributed by atoms with Gasteiger partial charge in [-0.05, 0) is 36.4 Å². The van der Waals surface area contributed by atoms with Gasteiger partial charge in [0.05, 0.1) is 17.7 Å². The Morgan fingerprint density at radius 2 is 1.36 bits per heavy atom. The number of hydrogen-bond donors (Lipinski definition) is 1. The number of benzene rings is 2. The van der Waals surface area contributed by atoms with Crippen LogP contribution in [0, 0.1) is 0 Å². The SMILES string of the molecule is NCC(=O)OC(=O)c1cc(Br)cc(C(F)(F)c2cc(Br)cc(C(F)(F)F)c2)c1. The lowest BCUT2D eigenvalue weighted by Gasteiger charge is -2.20. The zero-order valence-corrected chi connectivity index (χ0v) is 16.8.